The topological polar surface area (TPSA) is 56.0 Å². The molecule has 2 aromatic heterocycles. The predicted octanol–water partition coefficient (Wildman–Crippen LogP) is 3.62. The van der Waals surface area contributed by atoms with Gasteiger partial charge in [-0.25, -0.2) is 4.39 Å². The number of amides is 1. The minimum atomic E-state index is -0.321. The Hall–Kier alpha value is -3.67. The summed E-state index contributed by atoms with van der Waals surface area (Å²) in [5.41, 5.74) is 3.44. The number of benzene rings is 2. The van der Waals surface area contributed by atoms with Gasteiger partial charge in [0.1, 0.15) is 17.9 Å². The van der Waals surface area contributed by atoms with Crippen LogP contribution < -0.4 is 10.9 Å². The van der Waals surface area contributed by atoms with Gasteiger partial charge in [-0.2, -0.15) is 0 Å². The van der Waals surface area contributed by atoms with Crippen LogP contribution in [0.15, 0.2) is 77.9 Å². The molecule has 30 heavy (non-hydrogen) atoms. The maximum atomic E-state index is 13.0. The Morgan fingerprint density at radius 1 is 0.967 bits per heavy atom. The molecule has 0 saturated carbocycles. The van der Waals surface area contributed by atoms with Crippen molar-refractivity contribution in [2.75, 3.05) is 0 Å². The summed E-state index contributed by atoms with van der Waals surface area (Å²) in [6, 6.07) is 17.8. The fourth-order valence-electron chi connectivity index (χ4n) is 3.52. The quantitative estimate of drug-likeness (QED) is 0.535. The first-order valence-electron chi connectivity index (χ1n) is 9.74. The van der Waals surface area contributed by atoms with Crippen LogP contribution in [0.3, 0.4) is 0 Å². The van der Waals surface area contributed by atoms with Crippen LogP contribution in [0.1, 0.15) is 16.7 Å². The van der Waals surface area contributed by atoms with Crippen LogP contribution in [0.25, 0.3) is 10.9 Å². The van der Waals surface area contributed by atoms with Crippen molar-refractivity contribution in [2.45, 2.75) is 26.6 Å². The van der Waals surface area contributed by atoms with Crippen molar-refractivity contribution in [3.8, 4) is 0 Å². The van der Waals surface area contributed by atoms with E-state index in [1.54, 1.807) is 18.3 Å². The Morgan fingerprint density at radius 2 is 1.70 bits per heavy atom. The van der Waals surface area contributed by atoms with Crippen LogP contribution in [-0.2, 0) is 24.4 Å². The first-order chi connectivity index (χ1) is 14.5. The molecule has 0 spiro atoms. The van der Waals surface area contributed by atoms with Gasteiger partial charge in [-0.3, -0.25) is 9.59 Å². The fraction of sp³-hybridized carbons (Fsp3) is 0.167. The lowest BCUT2D eigenvalue weighted by atomic mass is 10.1. The zero-order chi connectivity index (χ0) is 21.1. The number of aromatic nitrogens is 2. The average molecular weight is 403 g/mol. The van der Waals surface area contributed by atoms with E-state index in [1.807, 2.05) is 48.0 Å². The molecule has 4 aromatic rings. The van der Waals surface area contributed by atoms with Gasteiger partial charge in [-0.15, -0.1) is 0 Å². The third kappa shape index (κ3) is 4.33. The molecular formula is C24H22FN3O2. The van der Waals surface area contributed by atoms with Gasteiger partial charge in [-0.05, 0) is 42.3 Å². The van der Waals surface area contributed by atoms with E-state index < -0.39 is 0 Å². The van der Waals surface area contributed by atoms with Gasteiger partial charge in [0.25, 0.3) is 5.56 Å². The van der Waals surface area contributed by atoms with Crippen molar-refractivity contribution >= 4 is 16.8 Å². The lowest BCUT2D eigenvalue weighted by molar-refractivity contribution is -0.121. The van der Waals surface area contributed by atoms with Crippen molar-refractivity contribution in [1.82, 2.24) is 14.5 Å². The monoisotopic (exact) mass is 403 g/mol. The van der Waals surface area contributed by atoms with Gasteiger partial charge < -0.3 is 14.5 Å². The second kappa shape index (κ2) is 8.37. The van der Waals surface area contributed by atoms with Crippen LogP contribution >= 0.6 is 0 Å². The summed E-state index contributed by atoms with van der Waals surface area (Å²) in [4.78, 5) is 25.4. The maximum absolute atomic E-state index is 13.0. The van der Waals surface area contributed by atoms with Crippen molar-refractivity contribution < 1.29 is 9.18 Å². The first-order valence-corrected chi connectivity index (χ1v) is 9.74. The summed E-state index contributed by atoms with van der Waals surface area (Å²) >= 11 is 0. The van der Waals surface area contributed by atoms with E-state index in [0.717, 1.165) is 16.5 Å². The molecule has 0 radical (unpaired) electrons. The smallest absolute Gasteiger partial charge is 0.275 e. The molecule has 0 aliphatic heterocycles. The van der Waals surface area contributed by atoms with E-state index in [2.05, 4.69) is 11.4 Å². The molecule has 0 bridgehead atoms. The third-order valence-corrected chi connectivity index (χ3v) is 5.04. The number of rotatable bonds is 6. The summed E-state index contributed by atoms with van der Waals surface area (Å²) in [5, 5.41) is 3.61. The summed E-state index contributed by atoms with van der Waals surface area (Å²) < 4.78 is 16.3. The highest BCUT2D eigenvalue weighted by atomic mass is 19.1. The second-order valence-electron chi connectivity index (χ2n) is 7.39. The van der Waals surface area contributed by atoms with Gasteiger partial charge in [0, 0.05) is 30.9 Å². The number of nitrogens with zero attached hydrogens (tertiary/aromatic N) is 2. The third-order valence-electron chi connectivity index (χ3n) is 5.04. The van der Waals surface area contributed by atoms with Crippen molar-refractivity contribution in [3.05, 3.63) is 106 Å². The molecule has 0 fully saturated rings. The van der Waals surface area contributed by atoms with Crippen molar-refractivity contribution in [3.63, 3.8) is 0 Å². The summed E-state index contributed by atoms with van der Waals surface area (Å²) in [7, 11) is 0. The van der Waals surface area contributed by atoms with E-state index in [-0.39, 0.29) is 30.4 Å². The summed E-state index contributed by atoms with van der Waals surface area (Å²) in [5.74, 6) is -0.601. The van der Waals surface area contributed by atoms with Gasteiger partial charge in [0.15, 0.2) is 0 Å². The molecule has 0 aliphatic rings. The predicted molar refractivity (Wildman–Crippen MR) is 115 cm³/mol. The first kappa shape index (κ1) is 19.6. The second-order valence-corrected chi connectivity index (χ2v) is 7.39. The molecule has 1 N–H and O–H groups in total. The minimum absolute atomic E-state index is 0.0778. The van der Waals surface area contributed by atoms with Gasteiger partial charge >= 0.3 is 0 Å². The molecule has 6 heteroatoms. The van der Waals surface area contributed by atoms with Crippen molar-refractivity contribution in [1.29, 1.82) is 0 Å². The Bertz CT molecular complexity index is 1260. The number of fused-ring (bicyclic) bond motifs is 1. The van der Waals surface area contributed by atoms with E-state index in [4.69, 9.17) is 0 Å². The molecule has 152 valence electrons. The van der Waals surface area contributed by atoms with Crippen LogP contribution in [0.2, 0.25) is 0 Å². The molecule has 2 heterocycles. The number of pyridine rings is 1. The molecule has 1 amide bonds. The number of carbonyl (C=O) groups excluding carboxylic acids is 1. The normalized spacial score (nSPS) is 11.0. The number of carbonyl (C=O) groups is 1. The maximum Gasteiger partial charge on any atom is 0.275 e. The van der Waals surface area contributed by atoms with Crippen LogP contribution in [-0.4, -0.2) is 15.0 Å². The van der Waals surface area contributed by atoms with Gasteiger partial charge in [0.2, 0.25) is 5.91 Å². The standard InChI is InChI=1S/C24H22FN3O2/c1-17-3-2-4-19(13-17)15-27-11-9-20-10-12-28(24(30)23(20)27)16-22(29)26-14-18-5-7-21(25)8-6-18/h2-13H,14-16H2,1H3,(H,26,29). The van der Waals surface area contributed by atoms with E-state index in [9.17, 15) is 14.0 Å². The molecule has 5 nitrogen and oxygen atoms in total. The molecule has 4 rings (SSSR count). The SMILES string of the molecule is Cc1cccc(Cn2ccc3ccn(CC(=O)NCc4ccc(F)cc4)c(=O)c32)c1. The number of hydrogen-bond donors (Lipinski definition) is 1. The van der Waals surface area contributed by atoms with Crippen LogP contribution in [0.5, 0.6) is 0 Å². The Balaban J connectivity index is 1.51. The van der Waals surface area contributed by atoms with Gasteiger partial charge in [-0.1, -0.05) is 42.0 Å². The number of halogens is 1. The molecule has 2 aromatic carbocycles. The average Bonchev–Trinajstić information content (AvgIpc) is 3.13. The summed E-state index contributed by atoms with van der Waals surface area (Å²) in [6.07, 6.45) is 3.53. The lowest BCUT2D eigenvalue weighted by Crippen LogP contribution is -2.32. The van der Waals surface area contributed by atoms with Crippen LogP contribution in [0.4, 0.5) is 4.39 Å². The Morgan fingerprint density at radius 3 is 2.43 bits per heavy atom. The number of hydrogen-bond acceptors (Lipinski definition) is 2. The minimum Gasteiger partial charge on any atom is -0.350 e. The molecular weight excluding hydrogens is 381 g/mol. The number of nitrogens with one attached hydrogen (secondary N) is 1. The van der Waals surface area contributed by atoms with Crippen LogP contribution in [0, 0.1) is 12.7 Å². The molecule has 0 saturated heterocycles. The highest BCUT2D eigenvalue weighted by Gasteiger charge is 2.11. The lowest BCUT2D eigenvalue weighted by Gasteiger charge is -2.10. The number of aryl methyl sites for hydroxylation is 1. The van der Waals surface area contributed by atoms with E-state index >= 15 is 0 Å². The molecule has 0 aliphatic carbocycles. The highest BCUT2D eigenvalue weighted by Crippen LogP contribution is 2.14. The fourth-order valence-corrected chi connectivity index (χ4v) is 3.52. The Labute approximate surface area is 173 Å². The Kier molecular flexibility index (Phi) is 5.48. The van der Waals surface area contributed by atoms with E-state index in [0.29, 0.717) is 12.1 Å². The summed E-state index contributed by atoms with van der Waals surface area (Å²) in [6.45, 7) is 2.82. The molecule has 0 unspecified atom stereocenters. The van der Waals surface area contributed by atoms with Crippen molar-refractivity contribution in [2.24, 2.45) is 0 Å². The zero-order valence-corrected chi connectivity index (χ0v) is 16.6. The zero-order valence-electron chi connectivity index (χ0n) is 16.6. The largest absolute Gasteiger partial charge is 0.350 e. The van der Waals surface area contributed by atoms with Gasteiger partial charge in [0.05, 0.1) is 0 Å². The highest BCUT2D eigenvalue weighted by molar-refractivity contribution is 5.80. The van der Waals surface area contributed by atoms with E-state index in [1.165, 1.54) is 22.3 Å². The molecule has 0 atom stereocenters.